The highest BCUT2D eigenvalue weighted by Gasteiger charge is 2.29. The molecule has 4 aromatic rings. The molecule has 2 aromatic carbocycles. The van der Waals surface area contributed by atoms with E-state index in [0.717, 1.165) is 22.0 Å². The van der Waals surface area contributed by atoms with Gasteiger partial charge in [0, 0.05) is 37.6 Å². The van der Waals surface area contributed by atoms with E-state index in [-0.39, 0.29) is 17.8 Å². The van der Waals surface area contributed by atoms with Crippen molar-refractivity contribution in [2.45, 2.75) is 33.2 Å². The predicted molar refractivity (Wildman–Crippen MR) is 134 cm³/mol. The summed E-state index contributed by atoms with van der Waals surface area (Å²) in [6.07, 6.45) is 3.52. The first-order valence-electron chi connectivity index (χ1n) is 11.4. The molecule has 2 N–H and O–H groups in total. The largest absolute Gasteiger partial charge is 0.480 e. The average Bonchev–Trinajstić information content (AvgIpc) is 2.86. The smallest absolute Gasteiger partial charge is 0.326 e. The molecule has 0 spiro atoms. The Labute approximate surface area is 201 Å². The van der Waals surface area contributed by atoms with Crippen LogP contribution in [0, 0.1) is 6.92 Å². The first-order chi connectivity index (χ1) is 16.8. The first kappa shape index (κ1) is 23.9. The molecule has 0 aliphatic rings. The normalized spacial score (nSPS) is 12.0. The van der Waals surface area contributed by atoms with Crippen LogP contribution in [0.5, 0.6) is 11.6 Å². The van der Waals surface area contributed by atoms with Gasteiger partial charge in [-0.2, -0.15) is 0 Å². The summed E-state index contributed by atoms with van der Waals surface area (Å²) < 4.78 is 5.98. The second-order valence-electron chi connectivity index (χ2n) is 8.21. The van der Waals surface area contributed by atoms with Gasteiger partial charge in [-0.25, -0.2) is 9.78 Å². The highest BCUT2D eigenvalue weighted by atomic mass is 16.5. The van der Waals surface area contributed by atoms with Gasteiger partial charge in [0.2, 0.25) is 5.88 Å². The van der Waals surface area contributed by atoms with Gasteiger partial charge in [-0.1, -0.05) is 12.1 Å². The van der Waals surface area contributed by atoms with Crippen LogP contribution in [0.3, 0.4) is 0 Å². The lowest BCUT2D eigenvalue weighted by Crippen LogP contribution is -2.45. The second-order valence-corrected chi connectivity index (χ2v) is 8.21. The van der Waals surface area contributed by atoms with Crippen molar-refractivity contribution in [1.29, 1.82) is 0 Å². The van der Waals surface area contributed by atoms with Crippen LogP contribution in [-0.2, 0) is 11.2 Å². The summed E-state index contributed by atoms with van der Waals surface area (Å²) in [5.74, 6) is -0.134. The quantitative estimate of drug-likeness (QED) is 0.333. The van der Waals surface area contributed by atoms with Gasteiger partial charge in [-0.05, 0) is 56.0 Å². The molecule has 0 bridgehead atoms. The number of nitrogens with one attached hydrogen (secondary N) is 1. The molecule has 0 radical (unpaired) electrons. The number of carboxylic acids is 1. The Balaban J connectivity index is 1.51. The first-order valence-corrected chi connectivity index (χ1v) is 11.4. The van der Waals surface area contributed by atoms with Gasteiger partial charge < -0.3 is 20.1 Å². The lowest BCUT2D eigenvalue weighted by molar-refractivity contribution is -0.137. The summed E-state index contributed by atoms with van der Waals surface area (Å²) in [5.41, 5.74) is 0.584. The summed E-state index contributed by atoms with van der Waals surface area (Å²) in [6.45, 7) is 6.70. The van der Waals surface area contributed by atoms with Crippen LogP contribution < -0.4 is 25.8 Å². The van der Waals surface area contributed by atoms with E-state index in [9.17, 15) is 19.5 Å². The number of hydrogen-bond acceptors (Lipinski definition) is 8. The number of anilines is 2. The number of hydrogen-bond donors (Lipinski definition) is 2. The summed E-state index contributed by atoms with van der Waals surface area (Å²) in [6, 6.07) is 9.76. The van der Waals surface area contributed by atoms with E-state index in [0.29, 0.717) is 24.7 Å². The number of carboxylic acid groups (broad SMARTS) is 1. The van der Waals surface area contributed by atoms with Crippen molar-refractivity contribution < 1.29 is 14.6 Å². The molecule has 0 aliphatic carbocycles. The Kier molecular flexibility index (Phi) is 6.77. The molecule has 0 saturated heterocycles. The summed E-state index contributed by atoms with van der Waals surface area (Å²) in [5, 5.41) is 14.3. The fraction of sp³-hybridized carbons (Fsp3) is 0.269. The standard InChI is InChI=1S/C26H26N4O5/c1-4-30(5-2)22-21(23(31)24(22)32)29-20(26(33)34)13-16-6-8-18(9-7-16)35-25-19-14-27-11-10-17(19)12-15(3)28-25/h6-12,14,20,29H,4-5,13H2,1-3H3,(H,33,34)/t20-/m0/s1. The zero-order valence-electron chi connectivity index (χ0n) is 19.7. The zero-order valence-corrected chi connectivity index (χ0v) is 19.7. The maximum absolute atomic E-state index is 12.1. The molecule has 0 amide bonds. The number of aromatic nitrogens is 2. The molecule has 2 aromatic heterocycles. The van der Waals surface area contributed by atoms with E-state index >= 15 is 0 Å². The third-order valence-corrected chi connectivity index (χ3v) is 5.89. The monoisotopic (exact) mass is 474 g/mol. The fourth-order valence-electron chi connectivity index (χ4n) is 4.04. The minimum Gasteiger partial charge on any atom is -0.480 e. The number of aliphatic carboxylic acids is 1. The van der Waals surface area contributed by atoms with Gasteiger partial charge in [0.25, 0.3) is 10.9 Å². The van der Waals surface area contributed by atoms with Gasteiger partial charge in [0.1, 0.15) is 23.2 Å². The lowest BCUT2D eigenvalue weighted by atomic mass is 10.0. The third-order valence-electron chi connectivity index (χ3n) is 5.89. The van der Waals surface area contributed by atoms with E-state index in [4.69, 9.17) is 4.74 Å². The summed E-state index contributed by atoms with van der Waals surface area (Å²) in [7, 11) is 0. The predicted octanol–water partition coefficient (Wildman–Crippen LogP) is 3.28. The van der Waals surface area contributed by atoms with E-state index in [1.165, 1.54) is 0 Å². The Morgan fingerprint density at radius 3 is 2.49 bits per heavy atom. The minimum atomic E-state index is -1.12. The highest BCUT2D eigenvalue weighted by Crippen LogP contribution is 2.28. The maximum Gasteiger partial charge on any atom is 0.326 e. The molecule has 2 heterocycles. The molecule has 9 heteroatoms. The minimum absolute atomic E-state index is 0.0667. The zero-order chi connectivity index (χ0) is 25.1. The number of pyridine rings is 2. The number of aryl methyl sites for hydroxylation is 1. The van der Waals surface area contributed by atoms with Crippen LogP contribution in [0.1, 0.15) is 25.1 Å². The fourth-order valence-corrected chi connectivity index (χ4v) is 4.04. The number of nitrogens with zero attached hydrogens (tertiary/aromatic N) is 3. The van der Waals surface area contributed by atoms with Crippen molar-refractivity contribution >= 4 is 28.1 Å². The van der Waals surface area contributed by atoms with E-state index in [1.54, 1.807) is 41.6 Å². The van der Waals surface area contributed by atoms with E-state index in [1.807, 2.05) is 32.9 Å². The Bertz CT molecular complexity index is 1440. The molecule has 180 valence electrons. The van der Waals surface area contributed by atoms with Crippen LogP contribution in [0.2, 0.25) is 0 Å². The molecule has 9 nitrogen and oxygen atoms in total. The van der Waals surface area contributed by atoms with E-state index in [2.05, 4.69) is 15.3 Å². The van der Waals surface area contributed by atoms with Crippen LogP contribution in [0.4, 0.5) is 11.4 Å². The molecule has 0 unspecified atom stereocenters. The molecular weight excluding hydrogens is 448 g/mol. The van der Waals surface area contributed by atoms with Gasteiger partial charge in [0.05, 0.1) is 5.39 Å². The van der Waals surface area contributed by atoms with Crippen molar-refractivity contribution in [3.8, 4) is 11.6 Å². The van der Waals surface area contributed by atoms with Crippen LogP contribution in [-0.4, -0.2) is 40.2 Å². The second kappa shape index (κ2) is 9.92. The number of ether oxygens (including phenoxy) is 1. The maximum atomic E-state index is 12.1. The Morgan fingerprint density at radius 2 is 1.83 bits per heavy atom. The van der Waals surface area contributed by atoms with Gasteiger partial charge in [-0.15, -0.1) is 0 Å². The van der Waals surface area contributed by atoms with Crippen molar-refractivity contribution in [3.63, 3.8) is 0 Å². The molecule has 0 aliphatic heterocycles. The van der Waals surface area contributed by atoms with Crippen molar-refractivity contribution in [1.82, 2.24) is 9.97 Å². The topological polar surface area (TPSA) is 122 Å². The number of fused-ring (bicyclic) bond motifs is 1. The van der Waals surface area contributed by atoms with Crippen LogP contribution in [0.25, 0.3) is 10.8 Å². The Hall–Kier alpha value is -4.27. The van der Waals surface area contributed by atoms with Crippen LogP contribution >= 0.6 is 0 Å². The molecule has 4 rings (SSSR count). The summed E-state index contributed by atoms with van der Waals surface area (Å²) in [4.78, 5) is 46.5. The average molecular weight is 475 g/mol. The highest BCUT2D eigenvalue weighted by molar-refractivity contribution is 5.86. The van der Waals surface area contributed by atoms with Gasteiger partial charge in [0.15, 0.2) is 0 Å². The van der Waals surface area contributed by atoms with Crippen molar-refractivity contribution in [3.05, 3.63) is 80.5 Å². The molecule has 0 saturated carbocycles. The molecule has 0 fully saturated rings. The summed E-state index contributed by atoms with van der Waals surface area (Å²) >= 11 is 0. The number of carbonyl (C=O) groups is 1. The SMILES string of the molecule is CCN(CC)c1c(N[C@@H](Cc2ccc(Oc3nc(C)cc4ccncc34)cc2)C(=O)O)c(=O)c1=O. The van der Waals surface area contributed by atoms with Crippen molar-refractivity contribution in [2.75, 3.05) is 23.3 Å². The van der Waals surface area contributed by atoms with Gasteiger partial charge in [-0.3, -0.25) is 14.6 Å². The number of benzene rings is 1. The third kappa shape index (κ3) is 4.84. The number of rotatable bonds is 10. The lowest BCUT2D eigenvalue weighted by Gasteiger charge is -2.26. The van der Waals surface area contributed by atoms with Crippen molar-refractivity contribution in [2.24, 2.45) is 0 Å². The molecule has 35 heavy (non-hydrogen) atoms. The van der Waals surface area contributed by atoms with Gasteiger partial charge >= 0.3 is 5.97 Å². The molecule has 1 atom stereocenters. The van der Waals surface area contributed by atoms with Crippen LogP contribution in [0.15, 0.2) is 58.4 Å². The van der Waals surface area contributed by atoms with E-state index < -0.39 is 22.9 Å². The Morgan fingerprint density at radius 1 is 1.11 bits per heavy atom. The molecular formula is C26H26N4O5.